The minimum absolute atomic E-state index is 0. The zero-order chi connectivity index (χ0) is 9.00. The van der Waals surface area contributed by atoms with E-state index in [-0.39, 0.29) is 22.4 Å². The average Bonchev–Trinajstić information content (AvgIpc) is 1.12. The Balaban J connectivity index is -0.000000107. The van der Waals surface area contributed by atoms with Gasteiger partial charge in [0.05, 0.1) is 0 Å². The van der Waals surface area contributed by atoms with Crippen molar-refractivity contribution < 1.29 is 60.8 Å². The van der Waals surface area contributed by atoms with Gasteiger partial charge in [0.1, 0.15) is 9.05 Å². The van der Waals surface area contributed by atoms with Crippen molar-refractivity contribution in [3.63, 3.8) is 0 Å². The van der Waals surface area contributed by atoms with E-state index in [2.05, 4.69) is 0 Å². The van der Waals surface area contributed by atoms with Crippen LogP contribution in [0.15, 0.2) is 0 Å². The second-order valence-electron chi connectivity index (χ2n) is 0.996. The van der Waals surface area contributed by atoms with Gasteiger partial charge in [-0.15, -0.1) is 0 Å². The monoisotopic (exact) mass is 282 g/mol. The van der Waals surface area contributed by atoms with Crippen LogP contribution in [0, 0.1) is 0 Å². The molecule has 11 heavy (non-hydrogen) atoms. The molecule has 11 heteroatoms. The van der Waals surface area contributed by atoms with Gasteiger partial charge in [-0.25, -0.2) is 0 Å². The summed E-state index contributed by atoms with van der Waals surface area (Å²) in [6.07, 6.45) is 0. The number of rotatable bonds is 0. The second kappa shape index (κ2) is 6.43. The van der Waals surface area contributed by atoms with Gasteiger partial charge in [-0.1, -0.05) is 0 Å². The fourth-order valence-corrected chi connectivity index (χ4v) is 0. The smallest absolute Gasteiger partial charge is 0.828 e. The molecule has 0 saturated heterocycles. The van der Waals surface area contributed by atoms with Crippen LogP contribution in [0.3, 0.4) is 0 Å². The zero-order valence-electron chi connectivity index (χ0n) is 4.74. The summed E-state index contributed by atoms with van der Waals surface area (Å²) in [6, 6.07) is 0. The molecule has 0 aliphatic rings. The fraction of sp³-hybridized carbons (Fsp3) is 0. The van der Waals surface area contributed by atoms with Crippen molar-refractivity contribution in [3.8, 4) is 0 Å². The summed E-state index contributed by atoms with van der Waals surface area (Å²) in [5.74, 6) is 0. The van der Waals surface area contributed by atoms with Gasteiger partial charge in [0.25, 0.3) is 0 Å². The average molecular weight is 282 g/mol. The molecule has 0 aromatic heterocycles. The quantitative estimate of drug-likeness (QED) is 0.325. The first-order valence-electron chi connectivity index (χ1n) is 1.59. The van der Waals surface area contributed by atoms with Gasteiger partial charge in [0.15, 0.2) is 0 Å². The van der Waals surface area contributed by atoms with E-state index in [1.165, 1.54) is 0 Å². The summed E-state index contributed by atoms with van der Waals surface area (Å²) >= 11 is 0. The van der Waals surface area contributed by atoms with E-state index in [0.717, 1.165) is 0 Å². The van der Waals surface area contributed by atoms with Crippen LogP contribution in [0.25, 0.3) is 0 Å². The number of phosphoric acid groups is 1. The standard InChI is InChI=1S/Nb.H3O4P.H2O4Si/c;2*1-5(2,3)4/h;(H3,1,2,3,4);1-2H/q+5;;-2/p-3. The molecular weight excluding hydrogens is 280 g/mol. The van der Waals surface area contributed by atoms with E-state index < -0.39 is 16.9 Å². The van der Waals surface area contributed by atoms with E-state index in [4.69, 9.17) is 38.4 Å². The van der Waals surface area contributed by atoms with E-state index in [1.54, 1.807) is 0 Å². The molecule has 0 spiro atoms. The van der Waals surface area contributed by atoms with Gasteiger partial charge in [-0.2, -0.15) is 7.82 Å². The first-order chi connectivity index (χ1) is 4.00. The Kier molecular flexibility index (Phi) is 10.4. The van der Waals surface area contributed by atoms with Crippen LogP contribution in [0.5, 0.6) is 0 Å². The Bertz CT molecular complexity index is 106. The molecule has 0 unspecified atom stereocenters. The molecule has 0 fully saturated rings. The minimum atomic E-state index is -5.39. The van der Waals surface area contributed by atoms with Crippen LogP contribution < -0.4 is 24.3 Å². The van der Waals surface area contributed by atoms with E-state index >= 15 is 0 Å². The van der Waals surface area contributed by atoms with Gasteiger partial charge >= 0.3 is 22.4 Å². The van der Waals surface area contributed by atoms with Crippen molar-refractivity contribution in [2.75, 3.05) is 0 Å². The van der Waals surface area contributed by atoms with Crippen molar-refractivity contribution in [1.29, 1.82) is 0 Å². The molecule has 0 aliphatic carbocycles. The molecule has 0 heterocycles. The van der Waals surface area contributed by atoms with Crippen LogP contribution >= 0.6 is 7.82 Å². The predicted octanol–water partition coefficient (Wildman–Crippen LogP) is -6.70. The third-order valence-corrected chi connectivity index (χ3v) is 0. The van der Waals surface area contributed by atoms with Gasteiger partial charge in [0, 0.05) is 0 Å². The maximum atomic E-state index is 8.80. The Morgan fingerprint density at radius 3 is 1.09 bits per heavy atom. The van der Waals surface area contributed by atoms with Crippen molar-refractivity contribution in [2.45, 2.75) is 0 Å². The van der Waals surface area contributed by atoms with Crippen molar-refractivity contribution in [3.05, 3.63) is 0 Å². The molecule has 0 rings (SSSR count). The van der Waals surface area contributed by atoms with Crippen LogP contribution in [-0.2, 0) is 26.9 Å². The molecule has 64 valence electrons. The summed E-state index contributed by atoms with van der Waals surface area (Å²) in [6.45, 7) is 0. The fourth-order valence-electron chi connectivity index (χ4n) is 0. The molecule has 0 radical (unpaired) electrons. The second-order valence-corrected chi connectivity index (χ2v) is 2.99. The van der Waals surface area contributed by atoms with E-state index in [0.29, 0.717) is 0 Å². The third-order valence-electron chi connectivity index (χ3n) is 0. The summed E-state index contributed by atoms with van der Waals surface area (Å²) in [4.78, 5) is 57.5. The molecule has 2 N–H and O–H groups in total. The van der Waals surface area contributed by atoms with Crippen molar-refractivity contribution in [2.24, 2.45) is 0 Å². The summed E-state index contributed by atoms with van der Waals surface area (Å²) in [7, 11) is -10.5. The summed E-state index contributed by atoms with van der Waals surface area (Å²) in [5.41, 5.74) is 0. The van der Waals surface area contributed by atoms with Gasteiger partial charge < -0.3 is 38.4 Å². The summed E-state index contributed by atoms with van der Waals surface area (Å²) < 4.78 is 8.55. The Morgan fingerprint density at radius 2 is 1.09 bits per heavy atom. The molecule has 8 nitrogen and oxygen atoms in total. The molecule has 0 saturated carbocycles. The summed E-state index contributed by atoms with van der Waals surface area (Å²) in [5, 5.41) is 0. The van der Waals surface area contributed by atoms with Gasteiger partial charge in [-0.3, -0.25) is 0 Å². The first kappa shape index (κ1) is 17.9. The van der Waals surface area contributed by atoms with Crippen LogP contribution in [0.1, 0.15) is 0 Å². The van der Waals surface area contributed by atoms with E-state index in [9.17, 15) is 0 Å². The minimum Gasteiger partial charge on any atom is -0.828 e. The third kappa shape index (κ3) is 1050. The Hall–Kier alpha value is 0.907. The van der Waals surface area contributed by atoms with Gasteiger partial charge in [-0.05, 0) is 0 Å². The molecule has 0 aromatic rings. The molecule has 0 amide bonds. The maximum absolute atomic E-state index is 8.80. The molecule has 0 aromatic carbocycles. The SMILES string of the molecule is O=P([O-])([O-])[O-].[Nb+5].[O-][Si]([O-])(O)O. The molecule has 0 aliphatic heterocycles. The van der Waals surface area contributed by atoms with Crippen LogP contribution in [0.2, 0.25) is 0 Å². The first-order valence-corrected chi connectivity index (χ1v) is 4.76. The van der Waals surface area contributed by atoms with Gasteiger partial charge in [0.2, 0.25) is 0 Å². The number of hydrogen-bond donors (Lipinski definition) is 2. The molecular formula is H2NbO8PSi. The molecule has 0 bridgehead atoms. The van der Waals surface area contributed by atoms with Crippen molar-refractivity contribution in [1.82, 2.24) is 0 Å². The van der Waals surface area contributed by atoms with Crippen LogP contribution in [-0.4, -0.2) is 18.6 Å². The Labute approximate surface area is 78.0 Å². The normalized spacial score (nSPS) is 10.8. The van der Waals surface area contributed by atoms with Crippen molar-refractivity contribution >= 4 is 16.9 Å². The predicted molar refractivity (Wildman–Crippen MR) is 17.8 cm³/mol. The topological polar surface area (TPSA) is 173 Å². The maximum Gasteiger partial charge on any atom is 5.00 e. The Morgan fingerprint density at radius 1 is 1.09 bits per heavy atom. The zero-order valence-corrected chi connectivity index (χ0v) is 8.83. The largest absolute Gasteiger partial charge is 5.00 e. The van der Waals surface area contributed by atoms with Crippen LogP contribution in [0.4, 0.5) is 0 Å². The van der Waals surface area contributed by atoms with E-state index in [1.807, 2.05) is 0 Å². The molecule has 0 atom stereocenters. The number of hydrogen-bond acceptors (Lipinski definition) is 8.